The van der Waals surface area contributed by atoms with Gasteiger partial charge in [-0.05, 0) is 108 Å². The lowest BCUT2D eigenvalue weighted by molar-refractivity contribution is -0.142. The van der Waals surface area contributed by atoms with Crippen LogP contribution in [0, 0.1) is 5.92 Å². The van der Waals surface area contributed by atoms with Crippen LogP contribution in [-0.4, -0.2) is 249 Å². The summed E-state index contributed by atoms with van der Waals surface area (Å²) in [7, 11) is 2.06. The SMILES string of the molecule is CCCC[C@H](NC(=O)[C@H]1CCCN1C(=O)CNC(=O)[C@@H](CCCCN)NC(=O)[C@H]1CSSC[C@H](NC(=O)[C@@H]2CCCN2C(=O)[C@H](CCCN=C(N)N)NC(=O)[C@H](CCC(N)=O)NC(=O)[C@H](Cc2cnc[nH]2)NC(=O)[C@H](C)N)C(O)N[C@@H](CC(C)C)C(=O)N[C@H](CO)C(=O)N1)C(=O)NCCc1ccccc1. The number of carbonyl (C=O) groups excluding carboxylic acids is 13. The first kappa shape index (κ1) is 86.9. The monoisotopic (exact) mass is 1510 g/mol. The van der Waals surface area contributed by atoms with Crippen molar-refractivity contribution in [3.63, 3.8) is 0 Å². The number of aliphatic imine (C=N–C) groups is 1. The Morgan fingerprint density at radius 3 is 1.94 bits per heavy atom. The molecule has 13 atom stereocenters. The minimum Gasteiger partial charge on any atom is -0.394 e. The normalized spacial score (nSPS) is 21.1. The molecule has 3 aliphatic heterocycles. The van der Waals surface area contributed by atoms with E-state index >= 15 is 0 Å². The number of amides is 13. The van der Waals surface area contributed by atoms with Crippen LogP contribution in [0.25, 0.3) is 0 Å². The molecule has 0 bridgehead atoms. The molecule has 0 aliphatic carbocycles. The molecule has 2 aromatic rings. The lowest BCUT2D eigenvalue weighted by Crippen LogP contribution is -2.62. The van der Waals surface area contributed by atoms with Gasteiger partial charge in [-0.1, -0.05) is 85.5 Å². The third-order valence-electron chi connectivity index (χ3n) is 17.8. The molecule has 36 nitrogen and oxygen atoms in total. The number of hydrogen-bond acceptors (Lipinski definition) is 22. The Labute approximate surface area is 619 Å². The number of carbonyl (C=O) groups is 13. The standard InChI is InChI=1S/C67H109N21O15S2/c1-5-6-17-42(56(93)74-27-24-40-15-8-7-9-16-40)80-64(101)51-20-13-28-87(51)54(91)33-76-57(94)43(18-10-11-25-68)78-62(99)49-35-104-105-36-50(63(100)83-46(30-38(2)3)59(96)84-48(34-89)61(98)85-49)86-65(102)52-21-14-29-88(52)66(103)45(19-12-26-75-67(71)72)81-58(95)44(22-23-53(70)90)79-60(97)47(82-55(92)39(4)69)31-41-32-73-37-77-41/h7-9,15-16,32,37-39,42-52,63,83,89,100H,5-6,10-14,17-31,33-36,68-69H2,1-4H3,(H2,70,90)(H,73,77)(H,74,93)(H,76,94)(H,78,99)(H,79,97)(H,80,101)(H,81,95)(H,82,92)(H,84,96)(H,85,98)(H,86,102)(H4,71,72,75)/t39-,42-,43+,44-,45-,46-,47-,48+,49+,50-,51+,52-,63?/m0/s1. The van der Waals surface area contributed by atoms with Crippen LogP contribution in [0.2, 0.25) is 0 Å². The second-order valence-electron chi connectivity index (χ2n) is 26.7. The summed E-state index contributed by atoms with van der Waals surface area (Å²) >= 11 is 0. The molecule has 1 unspecified atom stereocenters. The summed E-state index contributed by atoms with van der Waals surface area (Å²) in [6.07, 6.45) is 4.60. The minimum atomic E-state index is -1.71. The Morgan fingerprint density at radius 1 is 0.695 bits per heavy atom. The topological polar surface area (TPSA) is 572 Å². The van der Waals surface area contributed by atoms with Crippen molar-refractivity contribution in [1.82, 2.24) is 78.3 Å². The highest BCUT2D eigenvalue weighted by atomic mass is 33.1. The van der Waals surface area contributed by atoms with Gasteiger partial charge in [0.05, 0.1) is 37.6 Å². The lowest BCUT2D eigenvalue weighted by atomic mass is 10.0. The molecule has 4 heterocycles. The van der Waals surface area contributed by atoms with E-state index in [1.807, 2.05) is 37.3 Å². The van der Waals surface area contributed by atoms with Crippen molar-refractivity contribution >= 4 is 104 Å². The summed E-state index contributed by atoms with van der Waals surface area (Å²) in [5.41, 5.74) is 29.8. The maximum atomic E-state index is 14.9. The molecule has 3 aliphatic rings. The number of aromatic amines is 1. The maximum absolute atomic E-state index is 14.9. The summed E-state index contributed by atoms with van der Waals surface area (Å²) in [5.74, 6) is -10.6. The van der Waals surface area contributed by atoms with Gasteiger partial charge in [0, 0.05) is 62.4 Å². The van der Waals surface area contributed by atoms with Crippen LogP contribution in [0.3, 0.4) is 0 Å². The van der Waals surface area contributed by atoms with E-state index in [4.69, 9.17) is 28.7 Å². The number of nitrogens with two attached hydrogens (primary N) is 5. The van der Waals surface area contributed by atoms with Crippen LogP contribution >= 0.6 is 21.6 Å². The van der Waals surface area contributed by atoms with Crippen molar-refractivity contribution in [3.05, 3.63) is 54.1 Å². The van der Waals surface area contributed by atoms with E-state index in [2.05, 4.69) is 73.4 Å². The van der Waals surface area contributed by atoms with Crippen molar-refractivity contribution in [2.75, 3.05) is 57.4 Å². The van der Waals surface area contributed by atoms with Crippen LogP contribution in [0.15, 0.2) is 47.8 Å². The quantitative estimate of drug-likeness (QED) is 0.0129. The molecule has 3 fully saturated rings. The zero-order valence-electron chi connectivity index (χ0n) is 60.2. The molecule has 13 amide bonds. The smallest absolute Gasteiger partial charge is 0.245 e. The van der Waals surface area contributed by atoms with Gasteiger partial charge in [-0.25, -0.2) is 4.98 Å². The number of aromatic nitrogens is 2. The first-order chi connectivity index (χ1) is 50.1. The van der Waals surface area contributed by atoms with Gasteiger partial charge in [0.15, 0.2) is 5.96 Å². The van der Waals surface area contributed by atoms with Gasteiger partial charge in [0.25, 0.3) is 0 Å². The molecule has 584 valence electrons. The second-order valence-corrected chi connectivity index (χ2v) is 29.3. The van der Waals surface area contributed by atoms with E-state index in [-0.39, 0.29) is 100 Å². The Balaban J connectivity index is 1.33. The summed E-state index contributed by atoms with van der Waals surface area (Å²) in [4.78, 5) is 194. The maximum Gasteiger partial charge on any atom is 0.245 e. The van der Waals surface area contributed by atoms with Gasteiger partial charge in [-0.3, -0.25) is 72.6 Å². The summed E-state index contributed by atoms with van der Waals surface area (Å²) in [6, 6.07) is -5.63. The highest BCUT2D eigenvalue weighted by Crippen LogP contribution is 2.27. The van der Waals surface area contributed by atoms with Gasteiger partial charge in [0.1, 0.15) is 60.6 Å². The van der Waals surface area contributed by atoms with E-state index in [9.17, 15) is 72.5 Å². The van der Waals surface area contributed by atoms with E-state index in [1.54, 1.807) is 13.8 Å². The largest absolute Gasteiger partial charge is 0.394 e. The fourth-order valence-corrected chi connectivity index (χ4v) is 14.4. The van der Waals surface area contributed by atoms with Gasteiger partial charge in [-0.2, -0.15) is 0 Å². The number of likely N-dealkylation sites (tertiary alicyclic amines) is 2. The molecule has 1 aromatic heterocycles. The van der Waals surface area contributed by atoms with Crippen LogP contribution in [0.4, 0.5) is 0 Å². The van der Waals surface area contributed by atoms with Gasteiger partial charge in [0.2, 0.25) is 76.8 Å². The zero-order valence-corrected chi connectivity index (χ0v) is 61.8. The first-order valence-electron chi connectivity index (χ1n) is 35.8. The average molecular weight is 1510 g/mol. The fourth-order valence-electron chi connectivity index (χ4n) is 12.0. The number of H-pyrrole nitrogens is 1. The highest BCUT2D eigenvalue weighted by molar-refractivity contribution is 8.76. The van der Waals surface area contributed by atoms with Crippen LogP contribution in [-0.2, 0) is 75.2 Å². The van der Waals surface area contributed by atoms with Crippen LogP contribution < -0.4 is 87.2 Å². The minimum absolute atomic E-state index is 0.00158. The summed E-state index contributed by atoms with van der Waals surface area (Å²) in [6.45, 7) is 6.22. The average Bonchev–Trinajstić information content (AvgIpc) is 1.77. The van der Waals surface area contributed by atoms with Gasteiger partial charge in [-0.15, -0.1) is 0 Å². The molecule has 5 rings (SSSR count). The van der Waals surface area contributed by atoms with Gasteiger partial charge >= 0.3 is 0 Å². The number of unbranched alkanes of at least 4 members (excludes halogenated alkanes) is 2. The number of benzene rings is 1. The molecule has 38 heteroatoms. The Bertz CT molecular complexity index is 3230. The number of rotatable bonds is 39. The van der Waals surface area contributed by atoms with Gasteiger partial charge < -0.3 is 107 Å². The third-order valence-corrected chi connectivity index (χ3v) is 20.2. The molecule has 105 heavy (non-hydrogen) atoms. The predicted octanol–water partition coefficient (Wildman–Crippen LogP) is -5.02. The second kappa shape index (κ2) is 45.6. The van der Waals surface area contributed by atoms with E-state index in [1.165, 1.54) is 29.2 Å². The highest BCUT2D eigenvalue weighted by Gasteiger charge is 2.42. The number of guanidine groups is 1. The number of nitrogens with one attached hydrogen (secondary N) is 12. The van der Waals surface area contributed by atoms with E-state index in [0.717, 1.165) is 33.6 Å². The van der Waals surface area contributed by atoms with Crippen molar-refractivity contribution in [1.29, 1.82) is 0 Å². The number of imidazole rings is 1. The molecule has 3 saturated heterocycles. The molecule has 0 saturated carbocycles. The lowest BCUT2D eigenvalue weighted by Gasteiger charge is -2.33. The van der Waals surface area contributed by atoms with Crippen molar-refractivity contribution < 1.29 is 72.5 Å². The number of hydrogen-bond donors (Lipinski definition) is 19. The number of aliphatic hydroxyl groups excluding tert-OH is 2. The Kier molecular flexibility index (Phi) is 37.8. The molecular weight excluding hydrogens is 1400 g/mol. The number of primary amides is 1. The third kappa shape index (κ3) is 29.6. The fraction of sp³-hybridized carbons (Fsp3) is 0.657. The molecule has 1 aromatic carbocycles. The zero-order chi connectivity index (χ0) is 77.1. The molecule has 24 N–H and O–H groups in total. The Hall–Kier alpha value is -8.69. The number of aliphatic hydroxyl groups is 2. The first-order valence-corrected chi connectivity index (χ1v) is 38.3. The van der Waals surface area contributed by atoms with Crippen LogP contribution in [0.5, 0.6) is 0 Å². The predicted molar refractivity (Wildman–Crippen MR) is 392 cm³/mol. The van der Waals surface area contributed by atoms with Crippen LogP contribution in [0.1, 0.15) is 135 Å². The number of nitrogens with zero attached hydrogens (tertiary/aromatic N) is 4. The summed E-state index contributed by atoms with van der Waals surface area (Å²) < 4.78 is 0. The molecule has 0 spiro atoms. The van der Waals surface area contributed by atoms with Crippen molar-refractivity contribution in [2.24, 2.45) is 39.6 Å². The summed E-state index contributed by atoms with van der Waals surface area (Å²) in [5, 5.41) is 52.2. The molecular formula is C67H109N21O15S2. The molecule has 0 radical (unpaired) electrons. The van der Waals surface area contributed by atoms with Crippen molar-refractivity contribution in [3.8, 4) is 0 Å². The Morgan fingerprint density at radius 2 is 1.30 bits per heavy atom. The van der Waals surface area contributed by atoms with E-state index < -0.39 is 169 Å². The van der Waals surface area contributed by atoms with E-state index in [0.29, 0.717) is 63.6 Å². The van der Waals surface area contributed by atoms with Crippen molar-refractivity contribution in [2.45, 2.75) is 216 Å².